The molecular formula is C18H18N2OS. The van der Waals surface area contributed by atoms with Gasteiger partial charge in [0.05, 0.1) is 6.20 Å². The maximum absolute atomic E-state index is 6.04. The molecule has 0 radical (unpaired) electrons. The monoisotopic (exact) mass is 310 g/mol. The lowest BCUT2D eigenvalue weighted by atomic mass is 10.1. The summed E-state index contributed by atoms with van der Waals surface area (Å²) in [7, 11) is 1.92. The van der Waals surface area contributed by atoms with Gasteiger partial charge in [0, 0.05) is 29.3 Å². The molecule has 0 aliphatic carbocycles. The maximum Gasteiger partial charge on any atom is 0.127 e. The Bertz CT molecular complexity index is 753. The van der Waals surface area contributed by atoms with E-state index < -0.39 is 0 Å². The zero-order valence-electron chi connectivity index (χ0n) is 12.7. The minimum Gasteiger partial charge on any atom is -0.488 e. The number of aromatic nitrogens is 2. The molecule has 22 heavy (non-hydrogen) atoms. The van der Waals surface area contributed by atoms with E-state index in [4.69, 9.17) is 4.74 Å². The fraction of sp³-hybridized carbons (Fsp3) is 0.167. The number of hydrogen-bond acceptors (Lipinski definition) is 3. The molecule has 0 saturated heterocycles. The molecular weight excluding hydrogens is 292 g/mol. The molecule has 112 valence electrons. The summed E-state index contributed by atoms with van der Waals surface area (Å²) in [5, 5.41) is 4.26. The second-order valence-electron chi connectivity index (χ2n) is 5.04. The highest BCUT2D eigenvalue weighted by Crippen LogP contribution is 2.33. The van der Waals surface area contributed by atoms with Crippen molar-refractivity contribution in [1.82, 2.24) is 9.78 Å². The van der Waals surface area contributed by atoms with E-state index in [2.05, 4.69) is 35.6 Å². The first-order chi connectivity index (χ1) is 10.8. The topological polar surface area (TPSA) is 27.1 Å². The first-order valence-electron chi connectivity index (χ1n) is 7.10. The Morgan fingerprint density at radius 1 is 1.14 bits per heavy atom. The van der Waals surface area contributed by atoms with Crippen LogP contribution in [-0.4, -0.2) is 16.0 Å². The van der Waals surface area contributed by atoms with Crippen LogP contribution >= 0.6 is 11.8 Å². The van der Waals surface area contributed by atoms with E-state index in [0.717, 1.165) is 22.4 Å². The number of thioether (sulfide) groups is 1. The van der Waals surface area contributed by atoms with Crippen LogP contribution in [0, 0.1) is 0 Å². The van der Waals surface area contributed by atoms with Gasteiger partial charge in [0.25, 0.3) is 0 Å². The summed E-state index contributed by atoms with van der Waals surface area (Å²) in [5.74, 6) is 0.884. The zero-order valence-corrected chi connectivity index (χ0v) is 13.5. The molecule has 0 amide bonds. The molecule has 4 heteroatoms. The van der Waals surface area contributed by atoms with Crippen LogP contribution in [0.1, 0.15) is 5.56 Å². The molecule has 0 bridgehead atoms. The summed E-state index contributed by atoms with van der Waals surface area (Å²) in [6.07, 6.45) is 5.95. The predicted octanol–water partition coefficient (Wildman–Crippen LogP) is 4.39. The number of nitrogens with zero attached hydrogens (tertiary/aromatic N) is 2. The summed E-state index contributed by atoms with van der Waals surface area (Å²) in [6.45, 7) is 0.562. The van der Waals surface area contributed by atoms with Crippen LogP contribution in [0.25, 0.3) is 11.1 Å². The molecule has 0 spiro atoms. The Morgan fingerprint density at radius 3 is 2.64 bits per heavy atom. The molecule has 3 aromatic rings. The molecule has 0 saturated carbocycles. The van der Waals surface area contributed by atoms with Gasteiger partial charge in [-0.3, -0.25) is 4.68 Å². The van der Waals surface area contributed by atoms with E-state index in [-0.39, 0.29) is 0 Å². The fourth-order valence-electron chi connectivity index (χ4n) is 2.28. The van der Waals surface area contributed by atoms with Crippen LogP contribution in [0.3, 0.4) is 0 Å². The van der Waals surface area contributed by atoms with Gasteiger partial charge in [-0.05, 0) is 30.0 Å². The highest BCUT2D eigenvalue weighted by Gasteiger charge is 2.10. The second kappa shape index (κ2) is 6.71. The van der Waals surface area contributed by atoms with Gasteiger partial charge in [0.2, 0.25) is 0 Å². The van der Waals surface area contributed by atoms with Crippen molar-refractivity contribution in [1.29, 1.82) is 0 Å². The fourth-order valence-corrected chi connectivity index (χ4v) is 2.72. The van der Waals surface area contributed by atoms with Crippen molar-refractivity contribution in [2.24, 2.45) is 7.05 Å². The van der Waals surface area contributed by atoms with Crippen LogP contribution in [-0.2, 0) is 13.7 Å². The third kappa shape index (κ3) is 3.34. The molecule has 0 atom stereocenters. The molecule has 3 nitrogen and oxygen atoms in total. The van der Waals surface area contributed by atoms with Crippen LogP contribution in [0.5, 0.6) is 5.75 Å². The van der Waals surface area contributed by atoms with Gasteiger partial charge in [-0.15, -0.1) is 11.8 Å². The molecule has 0 N–H and O–H groups in total. The maximum atomic E-state index is 6.04. The first kappa shape index (κ1) is 14.7. The second-order valence-corrected chi connectivity index (χ2v) is 5.92. The van der Waals surface area contributed by atoms with E-state index in [1.54, 1.807) is 11.8 Å². The molecule has 3 rings (SSSR count). The molecule has 2 aromatic carbocycles. The van der Waals surface area contributed by atoms with E-state index in [0.29, 0.717) is 6.61 Å². The minimum atomic E-state index is 0.562. The van der Waals surface area contributed by atoms with Crippen molar-refractivity contribution >= 4 is 11.8 Å². The smallest absolute Gasteiger partial charge is 0.127 e. The largest absolute Gasteiger partial charge is 0.488 e. The van der Waals surface area contributed by atoms with Crippen molar-refractivity contribution in [3.05, 3.63) is 66.5 Å². The van der Waals surface area contributed by atoms with E-state index in [1.165, 1.54) is 4.90 Å². The molecule has 1 heterocycles. The summed E-state index contributed by atoms with van der Waals surface area (Å²) < 4.78 is 7.85. The van der Waals surface area contributed by atoms with Crippen LogP contribution in [0.2, 0.25) is 0 Å². The van der Waals surface area contributed by atoms with Gasteiger partial charge < -0.3 is 4.74 Å². The quantitative estimate of drug-likeness (QED) is 0.654. The summed E-state index contributed by atoms with van der Waals surface area (Å²) in [6, 6.07) is 16.5. The Labute approximate surface area is 134 Å². The molecule has 0 unspecified atom stereocenters. The molecule has 0 aliphatic heterocycles. The predicted molar refractivity (Wildman–Crippen MR) is 91.2 cm³/mol. The van der Waals surface area contributed by atoms with Crippen LogP contribution in [0.15, 0.2) is 65.8 Å². The van der Waals surface area contributed by atoms with Crippen molar-refractivity contribution < 1.29 is 4.74 Å². The number of aryl methyl sites for hydroxylation is 1. The summed E-state index contributed by atoms with van der Waals surface area (Å²) in [5.41, 5.74) is 3.31. The van der Waals surface area contributed by atoms with Crippen molar-refractivity contribution in [2.45, 2.75) is 11.5 Å². The normalized spacial score (nSPS) is 10.6. The lowest BCUT2D eigenvalue weighted by molar-refractivity contribution is 0.307. The van der Waals surface area contributed by atoms with Crippen LogP contribution < -0.4 is 4.74 Å². The van der Waals surface area contributed by atoms with Gasteiger partial charge in [0.1, 0.15) is 12.4 Å². The van der Waals surface area contributed by atoms with Gasteiger partial charge in [0.15, 0.2) is 0 Å². The average Bonchev–Trinajstić information content (AvgIpc) is 3.00. The molecule has 0 fully saturated rings. The Hall–Kier alpha value is -2.20. The lowest BCUT2D eigenvalue weighted by Crippen LogP contribution is -1.97. The third-order valence-corrected chi connectivity index (χ3v) is 4.17. The number of hydrogen-bond donors (Lipinski definition) is 0. The Balaban J connectivity index is 1.89. The Kier molecular flexibility index (Phi) is 4.49. The first-order valence-corrected chi connectivity index (χ1v) is 8.32. The standard InChI is InChI=1S/C18H18N2OS/c1-20-12-15(11-19-20)17-10-16(22-2)8-9-18(17)21-13-14-6-4-3-5-7-14/h3-12H,13H2,1-2H3. The zero-order chi connectivity index (χ0) is 15.4. The minimum absolute atomic E-state index is 0.562. The summed E-state index contributed by atoms with van der Waals surface area (Å²) in [4.78, 5) is 1.21. The highest BCUT2D eigenvalue weighted by atomic mass is 32.2. The van der Waals surface area contributed by atoms with E-state index in [1.807, 2.05) is 48.4 Å². The molecule has 1 aromatic heterocycles. The Morgan fingerprint density at radius 2 is 1.95 bits per heavy atom. The number of benzene rings is 2. The molecule has 0 aliphatic rings. The number of rotatable bonds is 5. The number of ether oxygens (including phenoxy) is 1. The van der Waals surface area contributed by atoms with Crippen molar-refractivity contribution in [3.8, 4) is 16.9 Å². The van der Waals surface area contributed by atoms with E-state index in [9.17, 15) is 0 Å². The van der Waals surface area contributed by atoms with Gasteiger partial charge in [-0.25, -0.2) is 0 Å². The lowest BCUT2D eigenvalue weighted by Gasteiger charge is -2.12. The van der Waals surface area contributed by atoms with Gasteiger partial charge in [-0.1, -0.05) is 30.3 Å². The summed E-state index contributed by atoms with van der Waals surface area (Å²) >= 11 is 1.72. The third-order valence-electron chi connectivity index (χ3n) is 3.44. The SMILES string of the molecule is CSc1ccc(OCc2ccccc2)c(-c2cnn(C)c2)c1. The highest BCUT2D eigenvalue weighted by molar-refractivity contribution is 7.98. The van der Waals surface area contributed by atoms with E-state index >= 15 is 0 Å². The van der Waals surface area contributed by atoms with Crippen LogP contribution in [0.4, 0.5) is 0 Å². The van der Waals surface area contributed by atoms with Crippen molar-refractivity contribution in [2.75, 3.05) is 6.26 Å². The van der Waals surface area contributed by atoms with Crippen molar-refractivity contribution in [3.63, 3.8) is 0 Å². The average molecular weight is 310 g/mol. The van der Waals surface area contributed by atoms with Gasteiger partial charge >= 0.3 is 0 Å². The van der Waals surface area contributed by atoms with Gasteiger partial charge in [-0.2, -0.15) is 5.10 Å².